The third-order valence-electron chi connectivity index (χ3n) is 1.83. The lowest BCUT2D eigenvalue weighted by Gasteiger charge is -2.14. The number of aliphatic hydroxyl groups excluding tert-OH is 1. The van der Waals surface area contributed by atoms with Crippen molar-refractivity contribution in [1.29, 1.82) is 0 Å². The van der Waals surface area contributed by atoms with Gasteiger partial charge in [-0.25, -0.2) is 8.78 Å². The lowest BCUT2D eigenvalue weighted by molar-refractivity contribution is -0.168. The lowest BCUT2D eigenvalue weighted by atomic mass is 10.3. The maximum atomic E-state index is 12.5. The molecule has 0 aliphatic rings. The predicted molar refractivity (Wildman–Crippen MR) is 50.3 cm³/mol. The summed E-state index contributed by atoms with van der Waals surface area (Å²) in [7, 11) is 0. The number of aromatic nitrogens is 2. The van der Waals surface area contributed by atoms with Crippen LogP contribution in [0.25, 0.3) is 0 Å². The first-order valence-corrected chi connectivity index (χ1v) is 5.04. The molecule has 0 fully saturated rings. The third kappa shape index (κ3) is 4.57. The molecule has 0 bridgehead atoms. The highest BCUT2D eigenvalue weighted by Crippen LogP contribution is 2.23. The monoisotopic (exact) mass is 272 g/mol. The van der Waals surface area contributed by atoms with E-state index >= 15 is 0 Å². The Morgan fingerprint density at radius 1 is 1.44 bits per heavy atom. The molecule has 1 heterocycles. The topological polar surface area (TPSA) is 68.4 Å². The highest BCUT2D eigenvalue weighted by atomic mass is 19.3. The van der Waals surface area contributed by atoms with Crippen molar-refractivity contribution in [3.8, 4) is 0 Å². The minimum absolute atomic E-state index is 0.0456. The van der Waals surface area contributed by atoms with E-state index in [9.17, 15) is 17.6 Å². The lowest BCUT2D eigenvalue weighted by Crippen LogP contribution is -2.32. The Morgan fingerprint density at radius 2 is 2.11 bits per heavy atom. The van der Waals surface area contributed by atoms with Crippen LogP contribution in [0, 0.1) is 0 Å². The minimum atomic E-state index is -4.20. The number of nitrogens with zero attached hydrogens (tertiary/aromatic N) is 2. The number of hydrogen-bond acceptors (Lipinski definition) is 5. The number of alkyl halides is 4. The molecule has 0 saturated carbocycles. The fourth-order valence-electron chi connectivity index (χ4n) is 1.03. The largest absolute Gasteiger partial charge is 0.393 e. The summed E-state index contributed by atoms with van der Waals surface area (Å²) in [6.45, 7) is -0.389. The molecule has 0 spiro atoms. The molecule has 0 saturated heterocycles. The molecule has 1 atom stereocenters. The number of hydrogen-bond donors (Lipinski definition) is 1. The van der Waals surface area contributed by atoms with Crippen LogP contribution in [0.15, 0.2) is 4.52 Å². The summed E-state index contributed by atoms with van der Waals surface area (Å²) >= 11 is 0. The zero-order valence-electron chi connectivity index (χ0n) is 9.45. The van der Waals surface area contributed by atoms with Gasteiger partial charge in [0.15, 0.2) is 5.82 Å². The standard InChI is InChI=1S/C9H12F4N2O3/c1-5(16)2-7-14-6(15-18-7)3-17-4-9(12,13)8(10)11/h5,8,16H,2-4H2,1H3. The van der Waals surface area contributed by atoms with E-state index in [4.69, 9.17) is 5.11 Å². The van der Waals surface area contributed by atoms with E-state index < -0.39 is 31.7 Å². The van der Waals surface area contributed by atoms with Crippen molar-refractivity contribution in [3.05, 3.63) is 11.7 Å². The van der Waals surface area contributed by atoms with Gasteiger partial charge in [0.2, 0.25) is 5.89 Å². The zero-order chi connectivity index (χ0) is 13.8. The van der Waals surface area contributed by atoms with Gasteiger partial charge in [0.1, 0.15) is 13.2 Å². The van der Waals surface area contributed by atoms with Crippen LogP contribution < -0.4 is 0 Å². The molecule has 1 N–H and O–H groups in total. The maximum absolute atomic E-state index is 12.5. The van der Waals surface area contributed by atoms with E-state index in [0.717, 1.165) is 0 Å². The summed E-state index contributed by atoms with van der Waals surface area (Å²) in [6, 6.07) is 0. The molecule has 0 aliphatic carbocycles. The minimum Gasteiger partial charge on any atom is -0.393 e. The first kappa shape index (κ1) is 14.8. The van der Waals surface area contributed by atoms with Crippen LogP contribution in [0.2, 0.25) is 0 Å². The fraction of sp³-hybridized carbons (Fsp3) is 0.778. The van der Waals surface area contributed by atoms with Crippen molar-refractivity contribution < 1.29 is 31.9 Å². The second-order valence-corrected chi connectivity index (χ2v) is 3.71. The Bertz CT molecular complexity index is 370. The molecular formula is C9H12F4N2O3. The van der Waals surface area contributed by atoms with Gasteiger partial charge in [-0.15, -0.1) is 0 Å². The molecule has 1 unspecified atom stereocenters. The van der Waals surface area contributed by atoms with Crippen LogP contribution in [0.3, 0.4) is 0 Å². The molecule has 0 amide bonds. The molecule has 5 nitrogen and oxygen atoms in total. The van der Waals surface area contributed by atoms with Crippen molar-refractivity contribution >= 4 is 0 Å². The highest BCUT2D eigenvalue weighted by molar-refractivity contribution is 4.86. The molecular weight excluding hydrogens is 260 g/mol. The van der Waals surface area contributed by atoms with E-state index in [-0.39, 0.29) is 18.1 Å². The molecule has 0 aromatic carbocycles. The van der Waals surface area contributed by atoms with Crippen molar-refractivity contribution in [2.75, 3.05) is 6.61 Å². The van der Waals surface area contributed by atoms with Crippen molar-refractivity contribution in [1.82, 2.24) is 10.1 Å². The maximum Gasteiger partial charge on any atom is 0.330 e. The van der Waals surface area contributed by atoms with Crippen molar-refractivity contribution in [3.63, 3.8) is 0 Å². The molecule has 1 aromatic heterocycles. The summed E-state index contributed by atoms with van der Waals surface area (Å²) in [5.41, 5.74) is 0. The normalized spacial score (nSPS) is 14.2. The molecule has 104 valence electrons. The van der Waals surface area contributed by atoms with Gasteiger partial charge in [-0.05, 0) is 6.92 Å². The zero-order valence-corrected chi connectivity index (χ0v) is 9.45. The summed E-state index contributed by atoms with van der Waals surface area (Å²) in [4.78, 5) is 3.72. The van der Waals surface area contributed by atoms with E-state index in [0.29, 0.717) is 0 Å². The van der Waals surface area contributed by atoms with Gasteiger partial charge in [-0.3, -0.25) is 0 Å². The third-order valence-corrected chi connectivity index (χ3v) is 1.83. The number of ether oxygens (including phenoxy) is 1. The fourth-order valence-corrected chi connectivity index (χ4v) is 1.03. The summed E-state index contributed by atoms with van der Waals surface area (Å²) in [5, 5.41) is 12.4. The van der Waals surface area contributed by atoms with Gasteiger partial charge in [0.25, 0.3) is 0 Å². The summed E-state index contributed by atoms with van der Waals surface area (Å²) < 4.78 is 57.5. The number of halogens is 4. The number of rotatable bonds is 7. The Balaban J connectivity index is 2.38. The first-order chi connectivity index (χ1) is 8.31. The molecule has 1 aromatic rings. The summed E-state index contributed by atoms with van der Waals surface area (Å²) in [5.74, 6) is -4.13. The first-order valence-electron chi connectivity index (χ1n) is 5.04. The summed E-state index contributed by atoms with van der Waals surface area (Å²) in [6.07, 6.45) is -4.36. The van der Waals surface area contributed by atoms with Gasteiger partial charge in [-0.2, -0.15) is 13.8 Å². The SMILES string of the molecule is CC(O)Cc1nc(COCC(F)(F)C(F)F)no1. The Hall–Kier alpha value is -1.22. The van der Waals surface area contributed by atoms with Crippen LogP contribution in [0.4, 0.5) is 17.6 Å². The van der Waals surface area contributed by atoms with Gasteiger partial charge in [0, 0.05) is 0 Å². The van der Waals surface area contributed by atoms with Gasteiger partial charge in [0.05, 0.1) is 12.5 Å². The smallest absolute Gasteiger partial charge is 0.330 e. The predicted octanol–water partition coefficient (Wildman–Crippen LogP) is 1.41. The highest BCUT2D eigenvalue weighted by Gasteiger charge is 2.41. The Morgan fingerprint density at radius 3 is 2.67 bits per heavy atom. The van der Waals surface area contributed by atoms with Gasteiger partial charge >= 0.3 is 12.3 Å². The molecule has 18 heavy (non-hydrogen) atoms. The van der Waals surface area contributed by atoms with E-state index in [2.05, 4.69) is 19.4 Å². The van der Waals surface area contributed by atoms with Gasteiger partial charge < -0.3 is 14.4 Å². The number of aliphatic hydroxyl groups is 1. The van der Waals surface area contributed by atoms with Crippen LogP contribution in [-0.4, -0.2) is 40.3 Å². The van der Waals surface area contributed by atoms with Gasteiger partial charge in [-0.1, -0.05) is 5.16 Å². The molecule has 9 heteroatoms. The quantitative estimate of drug-likeness (QED) is 0.760. The van der Waals surface area contributed by atoms with E-state index in [1.807, 2.05) is 0 Å². The molecule has 1 rings (SSSR count). The van der Waals surface area contributed by atoms with E-state index in [1.165, 1.54) is 6.92 Å². The second kappa shape index (κ2) is 6.10. The Kier molecular flexibility index (Phi) is 5.03. The van der Waals surface area contributed by atoms with Crippen molar-refractivity contribution in [2.45, 2.75) is 38.4 Å². The van der Waals surface area contributed by atoms with Crippen LogP contribution in [0.5, 0.6) is 0 Å². The molecule has 0 aliphatic heterocycles. The average Bonchev–Trinajstić information content (AvgIpc) is 2.64. The Labute approximate surface area is 99.7 Å². The van der Waals surface area contributed by atoms with Crippen molar-refractivity contribution in [2.24, 2.45) is 0 Å². The van der Waals surface area contributed by atoms with Crippen LogP contribution in [0.1, 0.15) is 18.6 Å². The molecule has 0 radical (unpaired) electrons. The second-order valence-electron chi connectivity index (χ2n) is 3.71. The average molecular weight is 272 g/mol. The van der Waals surface area contributed by atoms with Crippen LogP contribution >= 0.6 is 0 Å². The van der Waals surface area contributed by atoms with E-state index in [1.54, 1.807) is 0 Å². The van der Waals surface area contributed by atoms with Crippen LogP contribution in [-0.2, 0) is 17.8 Å².